The topological polar surface area (TPSA) is 337 Å². The lowest BCUT2D eigenvalue weighted by Gasteiger charge is -2.39. The van der Waals surface area contributed by atoms with E-state index < -0.39 is 175 Å². The van der Waals surface area contributed by atoms with Gasteiger partial charge in [-0.2, -0.15) is 0 Å². The van der Waals surface area contributed by atoms with Crippen molar-refractivity contribution in [1.82, 2.24) is 65.8 Å². The molecule has 6 N–H and O–H groups in total. The van der Waals surface area contributed by atoms with Gasteiger partial charge in [0.05, 0.1) is 25.7 Å². The first-order valence-corrected chi connectivity index (χ1v) is 40.0. The zero-order valence-corrected chi connectivity index (χ0v) is 68.9. The summed E-state index contributed by atoms with van der Waals surface area (Å²) in [5.74, 6) is -9.66. The van der Waals surface area contributed by atoms with Gasteiger partial charge < -0.3 is 75.6 Å². The summed E-state index contributed by atoms with van der Waals surface area (Å²) in [6, 6.07) is -13.5. The molecule has 0 unspecified atom stereocenters. The Kier molecular flexibility index (Phi) is 38.0. The average Bonchev–Trinajstić information content (AvgIpc) is 0.812. The molecule has 28 nitrogen and oxygen atoms in total. The largest absolute Gasteiger partial charge is 0.391 e. The van der Waals surface area contributed by atoms with E-state index in [0.29, 0.717) is 38.8 Å². The number of piperidine rings is 1. The number of carbonyl (C=O) groups is 13. The fourth-order valence-corrected chi connectivity index (χ4v) is 15.2. The molecule has 28 heteroatoms. The van der Waals surface area contributed by atoms with Gasteiger partial charge in [0.15, 0.2) is 0 Å². The number of amides is 13. The number of nitrogens with zero attached hydrogens (tertiary/aromatic N) is 8. The van der Waals surface area contributed by atoms with E-state index in [0.717, 1.165) is 80.4 Å². The molecule has 13 amide bonds. The Bertz CT molecular complexity index is 2960. The predicted molar refractivity (Wildman–Crippen MR) is 410 cm³/mol. The van der Waals surface area contributed by atoms with E-state index in [1.54, 1.807) is 32.6 Å². The van der Waals surface area contributed by atoms with Gasteiger partial charge in [-0.25, -0.2) is 0 Å². The van der Waals surface area contributed by atoms with Crippen LogP contribution in [0.5, 0.6) is 0 Å². The molecule has 4 rings (SSSR count). The van der Waals surface area contributed by atoms with Crippen molar-refractivity contribution in [1.29, 1.82) is 0 Å². The normalized spacial score (nSPS) is 26.5. The second kappa shape index (κ2) is 44.0. The van der Waals surface area contributed by atoms with Crippen molar-refractivity contribution in [2.24, 2.45) is 35.5 Å². The maximum atomic E-state index is 15.7. The number of hydrogen-bond acceptors (Lipinski definition) is 15. The number of carbonyl (C=O) groups excluding carboxylic acids is 13. The van der Waals surface area contributed by atoms with Crippen LogP contribution in [0.2, 0.25) is 0 Å². The summed E-state index contributed by atoms with van der Waals surface area (Å²) < 4.78 is 6.01. The number of likely N-dealkylation sites (N-methyl/N-ethyl adjacent to an activating group) is 6. The fourth-order valence-electron chi connectivity index (χ4n) is 15.2. The lowest BCUT2D eigenvalue weighted by atomic mass is 9.84. The van der Waals surface area contributed by atoms with E-state index in [1.165, 1.54) is 80.6 Å². The summed E-state index contributed by atoms with van der Waals surface area (Å²) in [4.78, 5) is 206. The molecule has 2 aliphatic heterocycles. The lowest BCUT2D eigenvalue weighted by molar-refractivity contribution is -0.152. The molecule has 2 saturated carbocycles. The maximum Gasteiger partial charge on any atom is 0.248 e. The zero-order chi connectivity index (χ0) is 80.5. The van der Waals surface area contributed by atoms with Gasteiger partial charge >= 0.3 is 0 Å². The Balaban J connectivity index is 2.01. The smallest absolute Gasteiger partial charge is 0.248 e. The van der Waals surface area contributed by atoms with Crippen molar-refractivity contribution in [2.45, 2.75) is 310 Å². The van der Waals surface area contributed by atoms with Crippen molar-refractivity contribution in [3.8, 4) is 0 Å². The van der Waals surface area contributed by atoms with E-state index in [2.05, 4.69) is 26.6 Å². The van der Waals surface area contributed by atoms with Gasteiger partial charge in [-0.05, 0) is 141 Å². The molecule has 2 heterocycles. The van der Waals surface area contributed by atoms with Crippen molar-refractivity contribution in [3.05, 3.63) is 0 Å². The molecule has 4 aliphatic rings. The first kappa shape index (κ1) is 92.4. The van der Waals surface area contributed by atoms with Crippen LogP contribution >= 0.6 is 0 Å². The SMILES string of the molecule is CCCN1CC(=O)N(C)[C@@H](C)C(=O)N[C@H](C(=O)N2CCCCC2)CC(=O)N(C)[C@@H](CC(C)C)C(=O)N[C@@H](CC2CCCCC2)C(=O)N(C)[C@@H](CC(C)C)C(=O)N(C)[C@@H](CC(C)C)C(=O)N[C@@H](COCC(=O)NC(C)(C)C)C(=O)N(C)[C@@H](CCC2CCCCC2)C(=O)N(C)[C@@H](CC(C)C)C(=O)N[C@@H]([C@@H](C)O)C1=O. The second-order valence-electron chi connectivity index (χ2n) is 34.0. The number of nitrogens with one attached hydrogen (secondary N) is 5. The number of rotatable bonds is 21. The molecule has 0 spiro atoms. The van der Waals surface area contributed by atoms with Gasteiger partial charge in [0.25, 0.3) is 0 Å². The van der Waals surface area contributed by atoms with Crippen LogP contribution in [0.15, 0.2) is 0 Å². The third-order valence-electron chi connectivity index (χ3n) is 21.7. The molecular weight excluding hydrogens is 1370 g/mol. The first-order chi connectivity index (χ1) is 50.1. The van der Waals surface area contributed by atoms with Crippen LogP contribution in [0.3, 0.4) is 0 Å². The summed E-state index contributed by atoms with van der Waals surface area (Å²) >= 11 is 0. The number of aliphatic hydroxyl groups excluding tert-OH is 1. The van der Waals surface area contributed by atoms with Crippen LogP contribution < -0.4 is 26.6 Å². The Morgan fingerprint density at radius 2 is 0.944 bits per heavy atom. The highest BCUT2D eigenvalue weighted by Gasteiger charge is 2.45. The predicted octanol–water partition coefficient (Wildman–Crippen LogP) is 5.39. The fraction of sp³-hybridized carbons (Fsp3) is 0.835. The van der Waals surface area contributed by atoms with Gasteiger partial charge in [-0.15, -0.1) is 0 Å². The third-order valence-corrected chi connectivity index (χ3v) is 21.7. The monoisotopic (exact) mass is 1510 g/mol. The molecule has 0 bridgehead atoms. The van der Waals surface area contributed by atoms with Crippen LogP contribution in [-0.2, 0) is 67.1 Å². The molecule has 11 atom stereocenters. The van der Waals surface area contributed by atoms with Crippen molar-refractivity contribution >= 4 is 76.8 Å². The first-order valence-electron chi connectivity index (χ1n) is 40.0. The van der Waals surface area contributed by atoms with Gasteiger partial charge in [0.1, 0.15) is 67.0 Å². The quantitative estimate of drug-likeness (QED) is 0.0839. The van der Waals surface area contributed by atoms with Crippen LogP contribution in [0.4, 0.5) is 0 Å². The molecule has 0 aromatic rings. The van der Waals surface area contributed by atoms with E-state index >= 15 is 33.6 Å². The molecule has 0 radical (unpaired) electrons. The standard InChI is InChI=1S/C79H139N13O15/c1-21-37-92-46-67(96)85(15)53(10)69(97)80-58(75(103)91-38-29-24-30-39-91)45-66(95)86(16)61(40-49(2)3)70(98)81-57(44-56-33-27-23-28-34-56)73(101)90(20)64(43-52(8)9)77(105)89(19)62(41-50(4)5)71(99)82-59(47-107-48-65(94)84-79(12,13)14)74(102)87(17)60(36-35-55-31-25-22-26-32-55)76(104)88(18)63(42-51(6)7)72(100)83-68(54(11)93)78(92)106/h49-64,68,93H,21-48H2,1-20H3,(H,80,97)(H,81,98)(H,82,99)(H,83,100)(H,84,94)/t53-,54+,57-,58-,59-,60-,61-,62-,63-,64-,68-/m0/s1. The third kappa shape index (κ3) is 28.8. The van der Waals surface area contributed by atoms with E-state index in [1.807, 2.05) is 55.4 Å². The molecular formula is C79H139N13O15. The van der Waals surface area contributed by atoms with Crippen molar-refractivity contribution < 1.29 is 72.2 Å². The van der Waals surface area contributed by atoms with Crippen LogP contribution in [0.25, 0.3) is 0 Å². The highest BCUT2D eigenvalue weighted by atomic mass is 16.5. The van der Waals surface area contributed by atoms with Crippen molar-refractivity contribution in [3.63, 3.8) is 0 Å². The average molecular weight is 1510 g/mol. The number of likely N-dealkylation sites (tertiary alicyclic amines) is 1. The summed E-state index contributed by atoms with van der Waals surface area (Å²) in [7, 11) is 8.62. The minimum atomic E-state index is -1.67. The Labute approximate surface area is 639 Å². The minimum Gasteiger partial charge on any atom is -0.391 e. The summed E-state index contributed by atoms with van der Waals surface area (Å²) in [6.45, 7) is 23.8. The molecule has 4 fully saturated rings. The van der Waals surface area contributed by atoms with Gasteiger partial charge in [-0.1, -0.05) is 127 Å². The minimum absolute atomic E-state index is 0.00401. The summed E-state index contributed by atoms with van der Waals surface area (Å²) in [6.07, 6.45) is 10.7. The lowest BCUT2D eigenvalue weighted by Crippen LogP contribution is -2.62. The number of aliphatic hydroxyl groups is 1. The zero-order valence-electron chi connectivity index (χ0n) is 68.9. The van der Waals surface area contributed by atoms with Crippen LogP contribution in [0.1, 0.15) is 238 Å². The molecule has 107 heavy (non-hydrogen) atoms. The number of hydrogen-bond donors (Lipinski definition) is 6. The maximum absolute atomic E-state index is 15.7. The number of ether oxygens (including phenoxy) is 1. The molecule has 610 valence electrons. The van der Waals surface area contributed by atoms with Crippen molar-refractivity contribution in [2.75, 3.05) is 81.7 Å². The Hall–Kier alpha value is -6.97. The summed E-state index contributed by atoms with van der Waals surface area (Å²) in [5.41, 5.74) is -0.662. The van der Waals surface area contributed by atoms with E-state index in [9.17, 15) is 33.9 Å². The van der Waals surface area contributed by atoms with Crippen LogP contribution in [0, 0.1) is 35.5 Å². The molecule has 2 aliphatic carbocycles. The summed E-state index contributed by atoms with van der Waals surface area (Å²) in [5, 5.41) is 25.7. The Morgan fingerprint density at radius 3 is 1.44 bits per heavy atom. The second-order valence-corrected chi connectivity index (χ2v) is 34.0. The highest BCUT2D eigenvalue weighted by molar-refractivity contribution is 6.00. The molecule has 0 aromatic heterocycles. The molecule has 2 saturated heterocycles. The van der Waals surface area contributed by atoms with E-state index in [-0.39, 0.29) is 80.6 Å². The van der Waals surface area contributed by atoms with Gasteiger partial charge in [0, 0.05) is 67.5 Å². The van der Waals surface area contributed by atoms with Gasteiger partial charge in [0.2, 0.25) is 76.8 Å². The Morgan fingerprint density at radius 1 is 0.505 bits per heavy atom. The van der Waals surface area contributed by atoms with E-state index in [4.69, 9.17) is 4.74 Å². The highest BCUT2D eigenvalue weighted by Crippen LogP contribution is 2.32. The van der Waals surface area contributed by atoms with Crippen LogP contribution in [-0.4, -0.2) is 275 Å². The van der Waals surface area contributed by atoms with Gasteiger partial charge in [-0.3, -0.25) is 62.3 Å². The molecule has 0 aromatic carbocycles.